The predicted molar refractivity (Wildman–Crippen MR) is 116 cm³/mol. The monoisotopic (exact) mass is 467 g/mol. The van der Waals surface area contributed by atoms with E-state index in [1.54, 1.807) is 32.0 Å². The van der Waals surface area contributed by atoms with Crippen LogP contribution in [0.25, 0.3) is 11.3 Å². The summed E-state index contributed by atoms with van der Waals surface area (Å²) in [6.45, 7) is 3.89. The van der Waals surface area contributed by atoms with Crippen molar-refractivity contribution in [2.24, 2.45) is 0 Å². The molecule has 7 nitrogen and oxygen atoms in total. The van der Waals surface area contributed by atoms with Crippen LogP contribution in [0.5, 0.6) is 0 Å². The topological polar surface area (TPSA) is 88.6 Å². The van der Waals surface area contributed by atoms with Crippen molar-refractivity contribution in [1.29, 1.82) is 0 Å². The van der Waals surface area contributed by atoms with Gasteiger partial charge in [-0.1, -0.05) is 12.1 Å². The Kier molecular flexibility index (Phi) is 7.45. The standard InChI is InChI=1S/C22H27F2N3O4S/c1-14(2)31-22(28)27-12-6-11-19(26-32(3,29)30)20(27)13-15-7-4-10-18(25-15)16-8-5-9-17(23)21(16)24/h4-5,7-10,14,19-20,26H,6,11-13H2,1-3H3/t19-,20-/m1/s1. The maximum atomic E-state index is 14.3. The van der Waals surface area contributed by atoms with E-state index in [9.17, 15) is 22.0 Å². The zero-order valence-corrected chi connectivity index (χ0v) is 19.0. The van der Waals surface area contributed by atoms with Crippen LogP contribution in [0.3, 0.4) is 0 Å². The van der Waals surface area contributed by atoms with E-state index in [1.165, 1.54) is 17.0 Å². The van der Waals surface area contributed by atoms with E-state index in [4.69, 9.17) is 4.74 Å². The molecule has 0 radical (unpaired) electrons. The lowest BCUT2D eigenvalue weighted by Crippen LogP contribution is -2.58. The number of hydrogen-bond donors (Lipinski definition) is 1. The predicted octanol–water partition coefficient (Wildman–Crippen LogP) is 3.50. The third kappa shape index (κ3) is 6.01. The first-order valence-corrected chi connectivity index (χ1v) is 12.3. The first-order valence-electron chi connectivity index (χ1n) is 10.4. The molecule has 1 aromatic heterocycles. The van der Waals surface area contributed by atoms with Gasteiger partial charge >= 0.3 is 6.09 Å². The van der Waals surface area contributed by atoms with Crippen LogP contribution in [-0.4, -0.2) is 55.4 Å². The molecule has 1 N–H and O–H groups in total. The van der Waals surface area contributed by atoms with E-state index in [0.717, 1.165) is 12.3 Å². The Morgan fingerprint density at radius 2 is 1.97 bits per heavy atom. The summed E-state index contributed by atoms with van der Waals surface area (Å²) in [5.41, 5.74) is 0.789. The van der Waals surface area contributed by atoms with E-state index in [0.29, 0.717) is 25.1 Å². The van der Waals surface area contributed by atoms with E-state index in [-0.39, 0.29) is 23.8 Å². The molecule has 1 aliphatic heterocycles. The van der Waals surface area contributed by atoms with Gasteiger partial charge in [-0.3, -0.25) is 4.98 Å². The molecule has 0 saturated carbocycles. The molecule has 1 aliphatic rings. The number of carbonyl (C=O) groups is 1. The number of hydrogen-bond acceptors (Lipinski definition) is 5. The van der Waals surface area contributed by atoms with Gasteiger partial charge in [0.05, 0.1) is 24.1 Å². The highest BCUT2D eigenvalue weighted by Crippen LogP contribution is 2.26. The Balaban J connectivity index is 1.93. The molecule has 0 aliphatic carbocycles. The number of halogens is 2. The highest BCUT2D eigenvalue weighted by Gasteiger charge is 2.37. The number of rotatable bonds is 6. The lowest BCUT2D eigenvalue weighted by Gasteiger charge is -2.40. The van der Waals surface area contributed by atoms with E-state index in [1.807, 2.05) is 0 Å². The number of ether oxygens (including phenoxy) is 1. The number of amides is 1. The summed E-state index contributed by atoms with van der Waals surface area (Å²) in [7, 11) is -3.52. The number of nitrogens with zero attached hydrogens (tertiary/aromatic N) is 2. The quantitative estimate of drug-likeness (QED) is 0.703. The molecule has 10 heteroatoms. The SMILES string of the molecule is CC(C)OC(=O)N1CCC[C@@H](NS(C)(=O)=O)[C@H]1Cc1cccc(-c2cccc(F)c2F)n1. The van der Waals surface area contributed by atoms with Gasteiger partial charge in [0, 0.05) is 30.3 Å². The summed E-state index contributed by atoms with van der Waals surface area (Å²) < 4.78 is 59.7. The molecule has 0 spiro atoms. The first kappa shape index (κ1) is 24.1. The van der Waals surface area contributed by atoms with Crippen molar-refractivity contribution in [3.63, 3.8) is 0 Å². The molecule has 1 saturated heterocycles. The lowest BCUT2D eigenvalue weighted by atomic mass is 9.93. The van der Waals surface area contributed by atoms with Crippen LogP contribution in [0, 0.1) is 11.6 Å². The average Bonchev–Trinajstić information content (AvgIpc) is 2.70. The highest BCUT2D eigenvalue weighted by molar-refractivity contribution is 7.88. The minimum Gasteiger partial charge on any atom is -0.447 e. The molecule has 1 aromatic carbocycles. The van der Waals surface area contributed by atoms with Crippen LogP contribution in [0.4, 0.5) is 13.6 Å². The lowest BCUT2D eigenvalue weighted by molar-refractivity contribution is 0.0459. The van der Waals surface area contributed by atoms with Gasteiger partial charge < -0.3 is 9.64 Å². The van der Waals surface area contributed by atoms with Gasteiger partial charge in [-0.2, -0.15) is 0 Å². The van der Waals surface area contributed by atoms with Crippen LogP contribution in [0.15, 0.2) is 36.4 Å². The molecule has 32 heavy (non-hydrogen) atoms. The number of nitrogens with one attached hydrogen (secondary N) is 1. The second kappa shape index (κ2) is 9.91. The van der Waals surface area contributed by atoms with Gasteiger partial charge in [-0.05, 0) is 51.0 Å². The van der Waals surface area contributed by atoms with Gasteiger partial charge in [-0.25, -0.2) is 26.7 Å². The molecular weight excluding hydrogens is 440 g/mol. The van der Waals surface area contributed by atoms with Crippen molar-refractivity contribution in [3.05, 3.63) is 53.7 Å². The smallest absolute Gasteiger partial charge is 0.410 e. The molecule has 174 valence electrons. The van der Waals surface area contributed by atoms with Crippen molar-refractivity contribution in [2.75, 3.05) is 12.8 Å². The van der Waals surface area contributed by atoms with Crippen molar-refractivity contribution in [3.8, 4) is 11.3 Å². The summed E-state index contributed by atoms with van der Waals surface area (Å²) in [6, 6.07) is 7.73. The zero-order chi connectivity index (χ0) is 23.5. The van der Waals surface area contributed by atoms with Gasteiger partial charge in [-0.15, -0.1) is 0 Å². The zero-order valence-electron chi connectivity index (χ0n) is 18.2. The van der Waals surface area contributed by atoms with E-state index in [2.05, 4.69) is 9.71 Å². The van der Waals surface area contributed by atoms with Crippen LogP contribution in [0.1, 0.15) is 32.4 Å². The Labute approximate surface area is 186 Å². The molecule has 1 fully saturated rings. The van der Waals surface area contributed by atoms with Gasteiger partial charge in [0.15, 0.2) is 11.6 Å². The minimum atomic E-state index is -3.52. The van der Waals surface area contributed by atoms with Crippen LogP contribution < -0.4 is 4.72 Å². The van der Waals surface area contributed by atoms with Crippen molar-refractivity contribution >= 4 is 16.1 Å². The number of aromatic nitrogens is 1. The molecule has 2 aromatic rings. The first-order chi connectivity index (χ1) is 15.0. The van der Waals surface area contributed by atoms with E-state index < -0.39 is 39.8 Å². The van der Waals surface area contributed by atoms with Crippen molar-refractivity contribution < 1.29 is 26.7 Å². The third-order valence-electron chi connectivity index (χ3n) is 5.17. The number of carbonyl (C=O) groups excluding carboxylic acids is 1. The maximum absolute atomic E-state index is 14.3. The number of piperidine rings is 1. The minimum absolute atomic E-state index is 0.0254. The Morgan fingerprint density at radius 3 is 2.66 bits per heavy atom. The second-order valence-corrected chi connectivity index (χ2v) is 9.93. The fourth-order valence-electron chi connectivity index (χ4n) is 3.88. The third-order valence-corrected chi connectivity index (χ3v) is 5.90. The summed E-state index contributed by atoms with van der Waals surface area (Å²) in [4.78, 5) is 18.7. The molecule has 2 atom stereocenters. The van der Waals surface area contributed by atoms with Gasteiger partial charge in [0.2, 0.25) is 10.0 Å². The largest absolute Gasteiger partial charge is 0.447 e. The molecule has 0 unspecified atom stereocenters. The van der Waals surface area contributed by atoms with E-state index >= 15 is 0 Å². The number of sulfonamides is 1. The van der Waals surface area contributed by atoms with Crippen molar-refractivity contribution in [2.45, 2.75) is 51.3 Å². The Morgan fingerprint density at radius 1 is 1.25 bits per heavy atom. The fraction of sp³-hybridized carbons (Fsp3) is 0.455. The average molecular weight is 468 g/mol. The Bertz CT molecular complexity index is 1080. The number of likely N-dealkylation sites (tertiary alicyclic amines) is 1. The molecule has 3 rings (SSSR count). The summed E-state index contributed by atoms with van der Waals surface area (Å²) in [6.07, 6.45) is 1.58. The molecular formula is C22H27F2N3O4S. The molecule has 1 amide bonds. The second-order valence-electron chi connectivity index (χ2n) is 8.15. The highest BCUT2D eigenvalue weighted by atomic mass is 32.2. The molecule has 2 heterocycles. The van der Waals surface area contributed by atoms with Gasteiger partial charge in [0.25, 0.3) is 0 Å². The molecule has 0 bridgehead atoms. The fourth-order valence-corrected chi connectivity index (χ4v) is 4.70. The normalized spacial score (nSPS) is 19.2. The van der Waals surface area contributed by atoms with Gasteiger partial charge in [0.1, 0.15) is 0 Å². The Hall–Kier alpha value is -2.59. The summed E-state index contributed by atoms with van der Waals surface area (Å²) in [5.74, 6) is -1.96. The van der Waals surface area contributed by atoms with Crippen LogP contribution in [0.2, 0.25) is 0 Å². The van der Waals surface area contributed by atoms with Crippen LogP contribution >= 0.6 is 0 Å². The van der Waals surface area contributed by atoms with Crippen molar-refractivity contribution in [1.82, 2.24) is 14.6 Å². The summed E-state index contributed by atoms with van der Waals surface area (Å²) >= 11 is 0. The maximum Gasteiger partial charge on any atom is 0.410 e. The number of benzene rings is 1. The number of pyridine rings is 1. The van der Waals surface area contributed by atoms with Crippen LogP contribution in [-0.2, 0) is 21.2 Å². The summed E-state index contributed by atoms with van der Waals surface area (Å²) in [5, 5.41) is 0.